The van der Waals surface area contributed by atoms with Gasteiger partial charge >= 0.3 is 6.01 Å². The molecule has 0 radical (unpaired) electrons. The van der Waals surface area contributed by atoms with E-state index in [1.807, 2.05) is 18.2 Å². The largest absolute Gasteiger partial charge is 0.424 e. The van der Waals surface area contributed by atoms with Crippen molar-refractivity contribution in [2.75, 3.05) is 6.61 Å². The topological polar surface area (TPSA) is 81.3 Å². The number of hydrogen-bond acceptors (Lipinski definition) is 5. The Morgan fingerprint density at radius 1 is 1.32 bits per heavy atom. The number of aromatic nitrogens is 2. The van der Waals surface area contributed by atoms with Crippen LogP contribution in [0.3, 0.4) is 0 Å². The van der Waals surface area contributed by atoms with Gasteiger partial charge in [0.15, 0.2) is 0 Å². The number of aliphatic hydroxyl groups is 1. The number of rotatable bonds is 5. The van der Waals surface area contributed by atoms with Gasteiger partial charge in [-0.1, -0.05) is 30.4 Å². The van der Waals surface area contributed by atoms with Gasteiger partial charge in [0.2, 0.25) is 0 Å². The molecular weight excluding hydrogens is 262 g/mol. The molecular formula is C13H13N3O2S. The lowest BCUT2D eigenvalue weighted by atomic mass is 10.1. The zero-order valence-corrected chi connectivity index (χ0v) is 10.9. The number of benzene rings is 1. The van der Waals surface area contributed by atoms with E-state index in [0.29, 0.717) is 17.9 Å². The summed E-state index contributed by atoms with van der Waals surface area (Å²) >= 11 is 4.85. The molecule has 0 atom stereocenters. The lowest BCUT2D eigenvalue weighted by Crippen LogP contribution is -2.12. The lowest BCUT2D eigenvalue weighted by molar-refractivity contribution is 0.297. The second kappa shape index (κ2) is 6.21. The van der Waals surface area contributed by atoms with Crippen LogP contribution in [0.15, 0.2) is 36.5 Å². The number of ether oxygens (including phenoxy) is 1. The van der Waals surface area contributed by atoms with Crippen molar-refractivity contribution in [2.45, 2.75) is 6.42 Å². The number of thiocarbonyl (C=S) groups is 1. The molecule has 0 amide bonds. The maximum absolute atomic E-state index is 9.01. The van der Waals surface area contributed by atoms with E-state index in [-0.39, 0.29) is 17.6 Å². The number of nitrogens with two attached hydrogens (primary N) is 1. The summed E-state index contributed by atoms with van der Waals surface area (Å²) in [6.45, 7) is 0.0498. The van der Waals surface area contributed by atoms with E-state index in [9.17, 15) is 0 Å². The van der Waals surface area contributed by atoms with Crippen molar-refractivity contribution in [2.24, 2.45) is 5.73 Å². The first-order valence-electron chi connectivity index (χ1n) is 5.70. The molecule has 6 heteroatoms. The fraction of sp³-hybridized carbons (Fsp3) is 0.154. The van der Waals surface area contributed by atoms with Crippen LogP contribution >= 0.6 is 12.2 Å². The third kappa shape index (κ3) is 3.46. The van der Waals surface area contributed by atoms with Crippen molar-refractivity contribution in [3.63, 3.8) is 0 Å². The molecule has 0 bridgehead atoms. The van der Waals surface area contributed by atoms with E-state index in [0.717, 1.165) is 5.56 Å². The van der Waals surface area contributed by atoms with Crippen LogP contribution in [0.25, 0.3) is 0 Å². The Balaban J connectivity index is 2.26. The van der Waals surface area contributed by atoms with Gasteiger partial charge < -0.3 is 15.6 Å². The van der Waals surface area contributed by atoms with Crippen LogP contribution in [0.1, 0.15) is 11.3 Å². The number of aliphatic hydroxyl groups excluding tert-OH is 1. The van der Waals surface area contributed by atoms with Gasteiger partial charge in [0.1, 0.15) is 16.4 Å². The minimum Gasteiger partial charge on any atom is -0.424 e. The van der Waals surface area contributed by atoms with Gasteiger partial charge in [0.25, 0.3) is 0 Å². The zero-order chi connectivity index (χ0) is 13.7. The molecule has 2 rings (SSSR count). The van der Waals surface area contributed by atoms with Gasteiger partial charge in [-0.2, -0.15) is 4.98 Å². The van der Waals surface area contributed by atoms with Gasteiger partial charge in [-0.3, -0.25) is 0 Å². The predicted octanol–water partition coefficient (Wildman–Crippen LogP) is 1.44. The maximum atomic E-state index is 9.01. The number of para-hydroxylation sites is 1. The monoisotopic (exact) mass is 275 g/mol. The smallest absolute Gasteiger partial charge is 0.322 e. The molecule has 98 valence electrons. The van der Waals surface area contributed by atoms with Crippen LogP contribution in [-0.2, 0) is 6.42 Å². The van der Waals surface area contributed by atoms with Gasteiger partial charge in [0, 0.05) is 12.8 Å². The fourth-order valence-corrected chi connectivity index (χ4v) is 1.67. The number of hydrogen-bond donors (Lipinski definition) is 2. The summed E-state index contributed by atoms with van der Waals surface area (Å²) in [6.07, 6.45) is 2.04. The molecule has 0 unspecified atom stereocenters. The highest BCUT2D eigenvalue weighted by Gasteiger charge is 2.07. The molecule has 2 aromatic rings. The minimum absolute atomic E-state index is 0.0498. The molecule has 0 saturated carbocycles. The third-order valence-electron chi connectivity index (χ3n) is 2.44. The van der Waals surface area contributed by atoms with Gasteiger partial charge in [-0.15, -0.1) is 0 Å². The highest BCUT2D eigenvalue weighted by Crippen LogP contribution is 2.23. The molecule has 0 fully saturated rings. The quantitative estimate of drug-likeness (QED) is 0.804. The summed E-state index contributed by atoms with van der Waals surface area (Å²) in [4.78, 5) is 8.30. The summed E-state index contributed by atoms with van der Waals surface area (Å²) in [7, 11) is 0. The normalized spacial score (nSPS) is 10.2. The Labute approximate surface area is 116 Å². The molecule has 3 N–H and O–H groups in total. The SMILES string of the molecule is NC(=S)c1ccnc(Oc2ccccc2CCO)n1. The molecule has 0 aliphatic carbocycles. The van der Waals surface area contributed by atoms with Crippen molar-refractivity contribution in [1.29, 1.82) is 0 Å². The second-order valence-electron chi connectivity index (χ2n) is 3.77. The first-order valence-corrected chi connectivity index (χ1v) is 6.11. The molecule has 1 heterocycles. The molecule has 1 aromatic heterocycles. The van der Waals surface area contributed by atoms with Crippen LogP contribution in [0.4, 0.5) is 0 Å². The lowest BCUT2D eigenvalue weighted by Gasteiger charge is -2.09. The van der Waals surface area contributed by atoms with Gasteiger partial charge in [0.05, 0.1) is 0 Å². The Hall–Kier alpha value is -2.05. The molecule has 19 heavy (non-hydrogen) atoms. The van der Waals surface area contributed by atoms with E-state index in [1.165, 1.54) is 6.20 Å². The van der Waals surface area contributed by atoms with Crippen molar-refractivity contribution < 1.29 is 9.84 Å². The standard InChI is InChI=1S/C13H13N3O2S/c14-12(19)10-5-7-15-13(16-10)18-11-4-2-1-3-9(11)6-8-17/h1-5,7,17H,6,8H2,(H2,14,19). The predicted molar refractivity (Wildman–Crippen MR) is 75.2 cm³/mol. The van der Waals surface area contributed by atoms with E-state index in [1.54, 1.807) is 12.1 Å². The maximum Gasteiger partial charge on any atom is 0.322 e. The average Bonchev–Trinajstić information content (AvgIpc) is 2.41. The molecule has 0 saturated heterocycles. The van der Waals surface area contributed by atoms with E-state index in [2.05, 4.69) is 9.97 Å². The Kier molecular flexibility index (Phi) is 4.38. The third-order valence-corrected chi connectivity index (χ3v) is 2.65. The Morgan fingerprint density at radius 2 is 2.11 bits per heavy atom. The van der Waals surface area contributed by atoms with Crippen LogP contribution < -0.4 is 10.5 Å². The summed E-state index contributed by atoms with van der Waals surface area (Å²) in [5.74, 6) is 0.608. The van der Waals surface area contributed by atoms with Crippen molar-refractivity contribution in [3.8, 4) is 11.8 Å². The van der Waals surface area contributed by atoms with Gasteiger partial charge in [-0.05, 0) is 24.1 Å². The zero-order valence-electron chi connectivity index (χ0n) is 10.1. The highest BCUT2D eigenvalue weighted by molar-refractivity contribution is 7.80. The van der Waals surface area contributed by atoms with Gasteiger partial charge in [-0.25, -0.2) is 4.98 Å². The molecule has 5 nitrogen and oxygen atoms in total. The highest BCUT2D eigenvalue weighted by atomic mass is 32.1. The fourth-order valence-electron chi connectivity index (χ4n) is 1.56. The molecule has 0 spiro atoms. The number of nitrogens with zero attached hydrogens (tertiary/aromatic N) is 2. The summed E-state index contributed by atoms with van der Waals surface area (Å²) in [5, 5.41) is 9.01. The average molecular weight is 275 g/mol. The molecule has 0 aliphatic rings. The van der Waals surface area contributed by atoms with Crippen LogP contribution in [0.5, 0.6) is 11.8 Å². The minimum atomic E-state index is 0.0498. The van der Waals surface area contributed by atoms with E-state index < -0.39 is 0 Å². The molecule has 1 aromatic carbocycles. The van der Waals surface area contributed by atoms with E-state index >= 15 is 0 Å². The van der Waals surface area contributed by atoms with Crippen molar-refractivity contribution in [3.05, 3.63) is 47.8 Å². The summed E-state index contributed by atoms with van der Waals surface area (Å²) in [5.41, 5.74) is 6.85. The second-order valence-corrected chi connectivity index (χ2v) is 4.21. The summed E-state index contributed by atoms with van der Waals surface area (Å²) < 4.78 is 5.60. The molecule has 0 aliphatic heterocycles. The van der Waals surface area contributed by atoms with E-state index in [4.69, 9.17) is 27.8 Å². The first kappa shape index (κ1) is 13.4. The van der Waals surface area contributed by atoms with Crippen LogP contribution in [0, 0.1) is 0 Å². The Morgan fingerprint density at radius 3 is 2.84 bits per heavy atom. The van der Waals surface area contributed by atoms with Crippen LogP contribution in [-0.4, -0.2) is 26.7 Å². The summed E-state index contributed by atoms with van der Waals surface area (Å²) in [6, 6.07) is 9.19. The van der Waals surface area contributed by atoms with Crippen molar-refractivity contribution in [1.82, 2.24) is 9.97 Å². The first-order chi connectivity index (χ1) is 9.20. The van der Waals surface area contributed by atoms with Crippen molar-refractivity contribution >= 4 is 17.2 Å². The van der Waals surface area contributed by atoms with Crippen LogP contribution in [0.2, 0.25) is 0 Å². The Bertz CT molecular complexity index is 590.